The average molecular weight is 192 g/mol. The zero-order valence-corrected chi connectivity index (χ0v) is 8.91. The largest absolute Gasteiger partial charge is 0.493 e. The van der Waals surface area contributed by atoms with Crippen LogP contribution in [0.5, 0.6) is 11.5 Å². The van der Waals surface area contributed by atoms with Gasteiger partial charge in [-0.25, -0.2) is 0 Å². The van der Waals surface area contributed by atoms with Crippen molar-refractivity contribution in [2.75, 3.05) is 14.2 Å². The van der Waals surface area contributed by atoms with Crippen LogP contribution in [0.1, 0.15) is 18.9 Å². The lowest BCUT2D eigenvalue weighted by molar-refractivity contribution is 0.355. The molecule has 0 heterocycles. The van der Waals surface area contributed by atoms with Gasteiger partial charge in [0.1, 0.15) is 0 Å². The lowest BCUT2D eigenvalue weighted by Crippen LogP contribution is -1.90. The first-order chi connectivity index (χ1) is 6.81. The van der Waals surface area contributed by atoms with E-state index in [4.69, 9.17) is 9.47 Å². The van der Waals surface area contributed by atoms with Crippen LogP contribution in [-0.4, -0.2) is 14.2 Å². The summed E-state index contributed by atoms with van der Waals surface area (Å²) in [6.07, 6.45) is 5.22. The second-order valence-corrected chi connectivity index (χ2v) is 2.93. The summed E-state index contributed by atoms with van der Waals surface area (Å²) in [5.41, 5.74) is 1.13. The zero-order valence-electron chi connectivity index (χ0n) is 8.91. The Morgan fingerprint density at radius 2 is 1.86 bits per heavy atom. The molecule has 0 aliphatic heterocycles. The zero-order chi connectivity index (χ0) is 10.4. The maximum atomic E-state index is 5.20. The fourth-order valence-electron chi connectivity index (χ4n) is 1.21. The molecule has 0 N–H and O–H groups in total. The van der Waals surface area contributed by atoms with E-state index in [1.54, 1.807) is 14.2 Å². The summed E-state index contributed by atoms with van der Waals surface area (Å²) in [5, 5.41) is 0. The molecule has 0 atom stereocenters. The average Bonchev–Trinajstić information content (AvgIpc) is 2.25. The van der Waals surface area contributed by atoms with Crippen LogP contribution in [0, 0.1) is 0 Å². The molecular formula is C12H16O2. The molecule has 2 heteroatoms. The van der Waals surface area contributed by atoms with Gasteiger partial charge in [0, 0.05) is 0 Å². The summed E-state index contributed by atoms with van der Waals surface area (Å²) in [6, 6.07) is 5.88. The first kappa shape index (κ1) is 10.6. The second-order valence-electron chi connectivity index (χ2n) is 2.93. The summed E-state index contributed by atoms with van der Waals surface area (Å²) in [6.45, 7) is 2.11. The number of benzene rings is 1. The topological polar surface area (TPSA) is 18.5 Å². The van der Waals surface area contributed by atoms with Gasteiger partial charge < -0.3 is 9.47 Å². The minimum absolute atomic E-state index is 0.765. The van der Waals surface area contributed by atoms with Crippen molar-refractivity contribution >= 4 is 6.08 Å². The van der Waals surface area contributed by atoms with E-state index in [0.717, 1.165) is 23.5 Å². The maximum Gasteiger partial charge on any atom is 0.161 e. The lowest BCUT2D eigenvalue weighted by Gasteiger charge is -2.07. The fraction of sp³-hybridized carbons (Fsp3) is 0.333. The Labute approximate surface area is 85.2 Å². The van der Waals surface area contributed by atoms with E-state index in [9.17, 15) is 0 Å². The molecule has 0 aliphatic carbocycles. The molecule has 0 saturated heterocycles. The molecule has 1 aromatic rings. The quantitative estimate of drug-likeness (QED) is 0.729. The van der Waals surface area contributed by atoms with Crippen molar-refractivity contribution < 1.29 is 9.47 Å². The molecule has 1 rings (SSSR count). The number of methoxy groups -OCH3 is 2. The van der Waals surface area contributed by atoms with Crippen LogP contribution in [0.15, 0.2) is 24.3 Å². The molecule has 0 unspecified atom stereocenters. The second kappa shape index (κ2) is 5.32. The maximum absolute atomic E-state index is 5.20. The Morgan fingerprint density at radius 3 is 2.43 bits per heavy atom. The van der Waals surface area contributed by atoms with E-state index in [1.165, 1.54) is 0 Å². The molecule has 0 radical (unpaired) electrons. The van der Waals surface area contributed by atoms with Gasteiger partial charge in [0.25, 0.3) is 0 Å². The highest BCUT2D eigenvalue weighted by atomic mass is 16.5. The van der Waals surface area contributed by atoms with Gasteiger partial charge in [-0.05, 0) is 24.1 Å². The van der Waals surface area contributed by atoms with Crippen LogP contribution in [0.3, 0.4) is 0 Å². The Hall–Kier alpha value is -1.44. The normalized spacial score (nSPS) is 10.5. The fourth-order valence-corrected chi connectivity index (χ4v) is 1.21. The number of hydrogen-bond acceptors (Lipinski definition) is 2. The SMILES string of the molecule is CCC=Cc1ccc(OC)c(OC)c1. The first-order valence-electron chi connectivity index (χ1n) is 4.70. The van der Waals surface area contributed by atoms with E-state index in [2.05, 4.69) is 19.1 Å². The Kier molecular flexibility index (Phi) is 4.05. The predicted octanol–water partition coefficient (Wildman–Crippen LogP) is 3.13. The molecule has 0 amide bonds. The van der Waals surface area contributed by atoms with Crippen LogP contribution < -0.4 is 9.47 Å². The third-order valence-electron chi connectivity index (χ3n) is 1.95. The van der Waals surface area contributed by atoms with Gasteiger partial charge in [0.2, 0.25) is 0 Å². The molecule has 2 nitrogen and oxygen atoms in total. The van der Waals surface area contributed by atoms with E-state index >= 15 is 0 Å². The van der Waals surface area contributed by atoms with Gasteiger partial charge in [0.15, 0.2) is 11.5 Å². The van der Waals surface area contributed by atoms with E-state index in [1.807, 2.05) is 18.2 Å². The smallest absolute Gasteiger partial charge is 0.161 e. The van der Waals surface area contributed by atoms with Crippen molar-refractivity contribution in [3.63, 3.8) is 0 Å². The summed E-state index contributed by atoms with van der Waals surface area (Å²) in [5.74, 6) is 1.53. The molecule has 0 aromatic heterocycles. The van der Waals surface area contributed by atoms with Gasteiger partial charge in [0.05, 0.1) is 14.2 Å². The van der Waals surface area contributed by atoms with Crippen LogP contribution in [0.25, 0.3) is 6.08 Å². The van der Waals surface area contributed by atoms with Gasteiger partial charge in [-0.15, -0.1) is 0 Å². The van der Waals surface area contributed by atoms with Crippen molar-refractivity contribution in [3.8, 4) is 11.5 Å². The minimum Gasteiger partial charge on any atom is -0.493 e. The van der Waals surface area contributed by atoms with E-state index in [0.29, 0.717) is 0 Å². The van der Waals surface area contributed by atoms with Crippen molar-refractivity contribution in [3.05, 3.63) is 29.8 Å². The highest BCUT2D eigenvalue weighted by molar-refractivity contribution is 5.55. The highest BCUT2D eigenvalue weighted by Gasteiger charge is 2.01. The molecule has 0 saturated carbocycles. The van der Waals surface area contributed by atoms with Crippen LogP contribution >= 0.6 is 0 Å². The number of rotatable bonds is 4. The lowest BCUT2D eigenvalue weighted by atomic mass is 10.2. The standard InChI is InChI=1S/C12H16O2/c1-4-5-6-10-7-8-11(13-2)12(9-10)14-3/h5-9H,4H2,1-3H3. The van der Waals surface area contributed by atoms with Gasteiger partial charge in [-0.3, -0.25) is 0 Å². The third kappa shape index (κ3) is 2.52. The summed E-state index contributed by atoms with van der Waals surface area (Å²) in [4.78, 5) is 0. The van der Waals surface area contributed by atoms with Crippen molar-refractivity contribution in [1.82, 2.24) is 0 Å². The van der Waals surface area contributed by atoms with Crippen LogP contribution in [0.2, 0.25) is 0 Å². The van der Waals surface area contributed by atoms with Gasteiger partial charge in [-0.2, -0.15) is 0 Å². The van der Waals surface area contributed by atoms with Crippen LogP contribution in [-0.2, 0) is 0 Å². The Balaban J connectivity index is 2.95. The van der Waals surface area contributed by atoms with Crippen molar-refractivity contribution in [1.29, 1.82) is 0 Å². The number of ether oxygens (including phenoxy) is 2. The minimum atomic E-state index is 0.765. The van der Waals surface area contributed by atoms with E-state index in [-0.39, 0.29) is 0 Å². The molecule has 14 heavy (non-hydrogen) atoms. The summed E-state index contributed by atoms with van der Waals surface area (Å²) < 4.78 is 10.3. The van der Waals surface area contributed by atoms with Crippen molar-refractivity contribution in [2.45, 2.75) is 13.3 Å². The molecule has 0 aliphatic rings. The molecule has 0 spiro atoms. The van der Waals surface area contributed by atoms with Crippen LogP contribution in [0.4, 0.5) is 0 Å². The summed E-state index contributed by atoms with van der Waals surface area (Å²) >= 11 is 0. The molecule has 76 valence electrons. The Morgan fingerprint density at radius 1 is 1.14 bits per heavy atom. The number of allylic oxidation sites excluding steroid dienone is 1. The van der Waals surface area contributed by atoms with Gasteiger partial charge >= 0.3 is 0 Å². The van der Waals surface area contributed by atoms with Gasteiger partial charge in [-0.1, -0.05) is 25.1 Å². The van der Waals surface area contributed by atoms with Crippen molar-refractivity contribution in [2.24, 2.45) is 0 Å². The monoisotopic (exact) mass is 192 g/mol. The molecule has 0 fully saturated rings. The highest BCUT2D eigenvalue weighted by Crippen LogP contribution is 2.27. The third-order valence-corrected chi connectivity index (χ3v) is 1.95. The summed E-state index contributed by atoms with van der Waals surface area (Å²) in [7, 11) is 3.28. The number of hydrogen-bond donors (Lipinski definition) is 0. The predicted molar refractivity (Wildman–Crippen MR) is 58.9 cm³/mol. The Bertz CT molecular complexity index is 316. The van der Waals surface area contributed by atoms with E-state index < -0.39 is 0 Å². The molecule has 1 aromatic carbocycles. The first-order valence-corrected chi connectivity index (χ1v) is 4.70. The molecular weight excluding hydrogens is 176 g/mol. The molecule has 0 bridgehead atoms.